The maximum absolute atomic E-state index is 12.7. The number of amides is 1. The molecule has 0 aliphatic heterocycles. The van der Waals surface area contributed by atoms with E-state index in [1.54, 1.807) is 30.3 Å². The Kier molecular flexibility index (Phi) is 6.84. The zero-order valence-corrected chi connectivity index (χ0v) is 15.3. The number of ether oxygens (including phenoxy) is 1. The molecule has 0 heterocycles. The smallest absolute Gasteiger partial charge is 0.339 e. The van der Waals surface area contributed by atoms with Crippen molar-refractivity contribution < 1.29 is 19.1 Å². The van der Waals surface area contributed by atoms with Crippen LogP contribution in [0.3, 0.4) is 0 Å². The van der Waals surface area contributed by atoms with Gasteiger partial charge in [-0.1, -0.05) is 48.0 Å². The monoisotopic (exact) mass is 364 g/mol. The molecule has 0 saturated heterocycles. The average Bonchev–Trinajstić information content (AvgIpc) is 2.69. The number of carbonyl (C=O) groups excluding carboxylic acids is 3. The van der Waals surface area contributed by atoms with Crippen LogP contribution in [-0.4, -0.2) is 42.8 Å². The Morgan fingerprint density at radius 2 is 1.67 bits per heavy atom. The summed E-state index contributed by atoms with van der Waals surface area (Å²) in [5.41, 5.74) is 1.82. The highest BCUT2D eigenvalue weighted by molar-refractivity contribution is 6.14. The van der Waals surface area contributed by atoms with Crippen molar-refractivity contribution >= 4 is 17.7 Å². The number of hydrogen-bond donors (Lipinski definition) is 0. The summed E-state index contributed by atoms with van der Waals surface area (Å²) in [4.78, 5) is 38.4. The molecule has 6 nitrogen and oxygen atoms in total. The molecule has 0 N–H and O–H groups in total. The quantitative estimate of drug-likeness (QED) is 0.557. The highest BCUT2D eigenvalue weighted by Gasteiger charge is 2.20. The number of nitrogens with zero attached hydrogens (tertiary/aromatic N) is 2. The zero-order valence-electron chi connectivity index (χ0n) is 15.3. The van der Waals surface area contributed by atoms with Gasteiger partial charge < -0.3 is 9.64 Å². The summed E-state index contributed by atoms with van der Waals surface area (Å²) in [7, 11) is 1.53. The summed E-state index contributed by atoms with van der Waals surface area (Å²) in [5, 5.41) is 8.55. The van der Waals surface area contributed by atoms with E-state index in [9.17, 15) is 14.4 Å². The van der Waals surface area contributed by atoms with Crippen LogP contribution in [0, 0.1) is 18.3 Å². The van der Waals surface area contributed by atoms with Crippen molar-refractivity contribution in [3.63, 3.8) is 0 Å². The number of ketones is 1. The average molecular weight is 364 g/mol. The van der Waals surface area contributed by atoms with Gasteiger partial charge in [-0.25, -0.2) is 4.79 Å². The number of aryl methyl sites for hydroxylation is 1. The van der Waals surface area contributed by atoms with Crippen molar-refractivity contribution in [1.29, 1.82) is 5.26 Å². The first-order valence-electron chi connectivity index (χ1n) is 8.42. The van der Waals surface area contributed by atoms with E-state index < -0.39 is 18.5 Å². The van der Waals surface area contributed by atoms with E-state index in [1.165, 1.54) is 18.0 Å². The molecule has 0 fully saturated rings. The number of nitriles is 1. The Morgan fingerprint density at radius 1 is 1.04 bits per heavy atom. The van der Waals surface area contributed by atoms with Gasteiger partial charge in [-0.15, -0.1) is 0 Å². The number of likely N-dealkylation sites (N-methyl/N-ethyl adjacent to an activating group) is 1. The third kappa shape index (κ3) is 5.25. The number of rotatable bonds is 7. The van der Waals surface area contributed by atoms with Gasteiger partial charge in [0, 0.05) is 24.7 Å². The van der Waals surface area contributed by atoms with Crippen LogP contribution in [0.15, 0.2) is 48.5 Å². The second-order valence-corrected chi connectivity index (χ2v) is 6.04. The topological polar surface area (TPSA) is 87.5 Å². The fourth-order valence-electron chi connectivity index (χ4n) is 2.38. The summed E-state index contributed by atoms with van der Waals surface area (Å²) in [6.45, 7) is 1.73. The Balaban J connectivity index is 2.11. The number of carbonyl (C=O) groups is 3. The molecular weight excluding hydrogens is 344 g/mol. The van der Waals surface area contributed by atoms with Crippen molar-refractivity contribution in [3.05, 3.63) is 70.8 Å². The van der Waals surface area contributed by atoms with Gasteiger partial charge in [0.05, 0.1) is 18.1 Å². The molecule has 0 saturated carbocycles. The minimum atomic E-state index is -0.743. The molecule has 2 rings (SSSR count). The van der Waals surface area contributed by atoms with Gasteiger partial charge in [0.2, 0.25) is 0 Å². The lowest BCUT2D eigenvalue weighted by atomic mass is 9.98. The van der Waals surface area contributed by atoms with Crippen molar-refractivity contribution in [3.8, 4) is 6.07 Å². The second kappa shape index (κ2) is 9.30. The fourth-order valence-corrected chi connectivity index (χ4v) is 2.38. The van der Waals surface area contributed by atoms with Gasteiger partial charge in [0.15, 0.2) is 12.4 Å². The Hall–Kier alpha value is -3.46. The van der Waals surface area contributed by atoms with Crippen LogP contribution in [0.4, 0.5) is 0 Å². The van der Waals surface area contributed by atoms with Crippen molar-refractivity contribution in [2.45, 2.75) is 13.3 Å². The molecule has 0 aromatic heterocycles. The molecular formula is C21H20N2O4. The minimum absolute atomic E-state index is 0.107. The first kappa shape index (κ1) is 19.9. The lowest BCUT2D eigenvalue weighted by Gasteiger charge is -2.15. The molecule has 0 spiro atoms. The lowest BCUT2D eigenvalue weighted by Crippen LogP contribution is -2.32. The van der Waals surface area contributed by atoms with Crippen molar-refractivity contribution in [2.24, 2.45) is 0 Å². The van der Waals surface area contributed by atoms with Gasteiger partial charge in [0.25, 0.3) is 5.91 Å². The van der Waals surface area contributed by atoms with E-state index in [4.69, 9.17) is 10.00 Å². The SMILES string of the molecule is Cc1ccc(C(=O)c2ccccc2C(=O)OCC(=O)N(C)CCC#N)cc1. The molecule has 6 heteroatoms. The van der Waals surface area contributed by atoms with Crippen LogP contribution < -0.4 is 0 Å². The largest absolute Gasteiger partial charge is 0.452 e. The van der Waals surface area contributed by atoms with Gasteiger partial charge >= 0.3 is 5.97 Å². The highest BCUT2D eigenvalue weighted by atomic mass is 16.5. The van der Waals surface area contributed by atoms with Crippen LogP contribution in [0.1, 0.15) is 38.3 Å². The number of esters is 1. The Morgan fingerprint density at radius 3 is 2.30 bits per heavy atom. The fraction of sp³-hybridized carbons (Fsp3) is 0.238. The van der Waals surface area contributed by atoms with Crippen molar-refractivity contribution in [1.82, 2.24) is 4.90 Å². The Labute approximate surface area is 158 Å². The van der Waals surface area contributed by atoms with Gasteiger partial charge in [0.1, 0.15) is 0 Å². The first-order chi connectivity index (χ1) is 12.9. The normalized spacial score (nSPS) is 9.96. The summed E-state index contributed by atoms with van der Waals surface area (Å²) in [6, 6.07) is 15.3. The van der Waals surface area contributed by atoms with Gasteiger partial charge in [-0.05, 0) is 13.0 Å². The van der Waals surface area contributed by atoms with E-state index in [0.29, 0.717) is 5.56 Å². The maximum atomic E-state index is 12.7. The number of benzene rings is 2. The van der Waals surface area contributed by atoms with Crippen LogP contribution in [-0.2, 0) is 9.53 Å². The molecule has 0 aliphatic carbocycles. The van der Waals surface area contributed by atoms with E-state index in [-0.39, 0.29) is 29.9 Å². The summed E-state index contributed by atoms with van der Waals surface area (Å²) in [5.74, 6) is -1.45. The lowest BCUT2D eigenvalue weighted by molar-refractivity contribution is -0.133. The molecule has 2 aromatic rings. The summed E-state index contributed by atoms with van der Waals surface area (Å²) in [6.07, 6.45) is 0.198. The predicted octanol–water partition coefficient (Wildman–Crippen LogP) is 2.75. The van der Waals surface area contributed by atoms with Crippen LogP contribution in [0.5, 0.6) is 0 Å². The van der Waals surface area contributed by atoms with Gasteiger partial charge in [-0.3, -0.25) is 9.59 Å². The first-order valence-corrected chi connectivity index (χ1v) is 8.42. The summed E-state index contributed by atoms with van der Waals surface area (Å²) < 4.78 is 5.07. The third-order valence-electron chi connectivity index (χ3n) is 4.02. The minimum Gasteiger partial charge on any atom is -0.452 e. The van der Waals surface area contributed by atoms with Gasteiger partial charge in [-0.2, -0.15) is 5.26 Å². The highest BCUT2D eigenvalue weighted by Crippen LogP contribution is 2.16. The molecule has 0 bridgehead atoms. The van der Waals surface area contributed by atoms with E-state index in [2.05, 4.69) is 0 Å². The predicted molar refractivity (Wildman–Crippen MR) is 99.2 cm³/mol. The van der Waals surface area contributed by atoms with E-state index >= 15 is 0 Å². The van der Waals surface area contributed by atoms with E-state index in [0.717, 1.165) is 5.56 Å². The molecule has 1 amide bonds. The molecule has 2 aromatic carbocycles. The maximum Gasteiger partial charge on any atom is 0.339 e. The van der Waals surface area contributed by atoms with Crippen LogP contribution >= 0.6 is 0 Å². The molecule has 0 radical (unpaired) electrons. The molecule has 138 valence electrons. The van der Waals surface area contributed by atoms with Crippen LogP contribution in [0.2, 0.25) is 0 Å². The number of hydrogen-bond acceptors (Lipinski definition) is 5. The van der Waals surface area contributed by atoms with Crippen LogP contribution in [0.25, 0.3) is 0 Å². The second-order valence-electron chi connectivity index (χ2n) is 6.04. The zero-order chi connectivity index (χ0) is 19.8. The van der Waals surface area contributed by atoms with Crippen molar-refractivity contribution in [2.75, 3.05) is 20.2 Å². The standard InChI is InChI=1S/C21H20N2O4/c1-15-8-10-16(11-9-15)20(25)17-6-3-4-7-18(17)21(26)27-14-19(24)23(2)13-5-12-22/h3-4,6-11H,5,13-14H2,1-2H3. The molecule has 0 unspecified atom stereocenters. The molecule has 0 aliphatic rings. The third-order valence-corrected chi connectivity index (χ3v) is 4.02. The van der Waals surface area contributed by atoms with E-state index in [1.807, 2.05) is 25.1 Å². The molecule has 0 atom stereocenters. The Bertz CT molecular complexity index is 882. The molecule has 27 heavy (non-hydrogen) atoms. The summed E-state index contributed by atoms with van der Waals surface area (Å²) >= 11 is 0.